The Hall–Kier alpha value is -2.14. The number of halogens is 1. The number of anilines is 2. The molecule has 0 aliphatic rings. The van der Waals surface area contributed by atoms with Crippen molar-refractivity contribution >= 4 is 28.9 Å². The van der Waals surface area contributed by atoms with E-state index in [9.17, 15) is 4.79 Å². The fourth-order valence-corrected chi connectivity index (χ4v) is 1.62. The van der Waals surface area contributed by atoms with Crippen molar-refractivity contribution in [1.82, 2.24) is 4.98 Å². The molecule has 0 aliphatic carbocycles. The number of amides is 1. The van der Waals surface area contributed by atoms with Crippen LogP contribution in [0.4, 0.5) is 11.4 Å². The second-order valence-electron chi connectivity index (χ2n) is 3.65. The Labute approximate surface area is 109 Å². The van der Waals surface area contributed by atoms with E-state index in [-0.39, 0.29) is 5.91 Å². The Morgan fingerprint density at radius 3 is 2.83 bits per heavy atom. The summed E-state index contributed by atoms with van der Waals surface area (Å²) in [6, 6.07) is 6.56. The number of carbonyl (C=O) groups excluding carboxylic acids is 1. The topological polar surface area (TPSA) is 80.1 Å². The molecule has 0 unspecified atom stereocenters. The summed E-state index contributed by atoms with van der Waals surface area (Å²) in [6.07, 6.45) is 1.54. The monoisotopic (exact) mass is 265 g/mol. The Morgan fingerprint density at radius 2 is 2.22 bits per heavy atom. The molecular weight excluding hydrogens is 254 g/mol. The number of H-pyrrole nitrogens is 1. The van der Waals surface area contributed by atoms with Gasteiger partial charge in [-0.1, -0.05) is 11.6 Å². The lowest BCUT2D eigenvalue weighted by atomic mass is 10.3. The highest BCUT2D eigenvalue weighted by Crippen LogP contribution is 2.27. The number of benzene rings is 1. The van der Waals surface area contributed by atoms with Crippen LogP contribution in [0.5, 0.6) is 5.75 Å². The van der Waals surface area contributed by atoms with Crippen LogP contribution >= 0.6 is 11.6 Å². The number of hydrogen-bond acceptors (Lipinski definition) is 3. The molecule has 0 radical (unpaired) electrons. The zero-order valence-electron chi connectivity index (χ0n) is 9.66. The van der Waals surface area contributed by atoms with Gasteiger partial charge in [-0.15, -0.1) is 0 Å². The predicted molar refractivity (Wildman–Crippen MR) is 71.2 cm³/mol. The lowest BCUT2D eigenvalue weighted by Crippen LogP contribution is -2.12. The van der Waals surface area contributed by atoms with Crippen LogP contribution < -0.4 is 15.8 Å². The van der Waals surface area contributed by atoms with Crippen LogP contribution in [0.1, 0.15) is 10.5 Å². The quantitative estimate of drug-likeness (QED) is 0.798. The second kappa shape index (κ2) is 5.01. The molecule has 94 valence electrons. The third-order valence-corrected chi connectivity index (χ3v) is 2.70. The van der Waals surface area contributed by atoms with Gasteiger partial charge in [-0.25, -0.2) is 0 Å². The maximum atomic E-state index is 11.9. The van der Waals surface area contributed by atoms with Gasteiger partial charge in [0.25, 0.3) is 5.91 Å². The largest absolute Gasteiger partial charge is 0.497 e. The third-order valence-electron chi connectivity index (χ3n) is 2.37. The maximum Gasteiger partial charge on any atom is 0.272 e. The lowest BCUT2D eigenvalue weighted by Gasteiger charge is -2.08. The number of nitrogens with two attached hydrogens (primary N) is 1. The minimum atomic E-state index is -0.318. The van der Waals surface area contributed by atoms with E-state index in [4.69, 9.17) is 22.1 Å². The number of nitrogens with one attached hydrogen (secondary N) is 2. The molecule has 18 heavy (non-hydrogen) atoms. The van der Waals surface area contributed by atoms with Crippen molar-refractivity contribution in [2.24, 2.45) is 0 Å². The minimum absolute atomic E-state index is 0.318. The maximum absolute atomic E-state index is 11.9. The molecule has 1 aromatic heterocycles. The number of hydrogen-bond donors (Lipinski definition) is 3. The van der Waals surface area contributed by atoms with E-state index in [1.807, 2.05) is 0 Å². The molecule has 6 heteroatoms. The van der Waals surface area contributed by atoms with Crippen molar-refractivity contribution in [2.45, 2.75) is 0 Å². The SMILES string of the molecule is COc1ccc(Cl)c(NC(=O)c2cc(N)c[nH]2)c1. The van der Waals surface area contributed by atoms with E-state index in [0.29, 0.717) is 27.8 Å². The Balaban J connectivity index is 2.21. The van der Waals surface area contributed by atoms with Crippen LogP contribution in [-0.4, -0.2) is 18.0 Å². The van der Waals surface area contributed by atoms with E-state index in [1.54, 1.807) is 37.6 Å². The van der Waals surface area contributed by atoms with Crippen LogP contribution in [0.15, 0.2) is 30.5 Å². The van der Waals surface area contributed by atoms with Gasteiger partial charge in [-0.2, -0.15) is 0 Å². The van der Waals surface area contributed by atoms with E-state index < -0.39 is 0 Å². The fraction of sp³-hybridized carbons (Fsp3) is 0.0833. The van der Waals surface area contributed by atoms with Gasteiger partial charge in [0.2, 0.25) is 0 Å². The molecule has 0 aliphatic heterocycles. The number of aromatic amines is 1. The van der Waals surface area contributed by atoms with Crippen LogP contribution in [0.25, 0.3) is 0 Å². The minimum Gasteiger partial charge on any atom is -0.497 e. The van der Waals surface area contributed by atoms with Crippen LogP contribution in [0.3, 0.4) is 0 Å². The highest BCUT2D eigenvalue weighted by Gasteiger charge is 2.10. The van der Waals surface area contributed by atoms with Gasteiger partial charge in [0.15, 0.2) is 0 Å². The molecule has 0 saturated carbocycles. The first-order chi connectivity index (χ1) is 8.60. The molecule has 0 saturated heterocycles. The van der Waals surface area contributed by atoms with Crippen molar-refractivity contribution in [2.75, 3.05) is 18.2 Å². The number of rotatable bonds is 3. The Morgan fingerprint density at radius 1 is 1.44 bits per heavy atom. The number of carbonyl (C=O) groups is 1. The van der Waals surface area contributed by atoms with Gasteiger partial charge in [0.05, 0.1) is 17.8 Å². The highest BCUT2D eigenvalue weighted by molar-refractivity contribution is 6.34. The van der Waals surface area contributed by atoms with Crippen molar-refractivity contribution in [3.05, 3.63) is 41.2 Å². The molecule has 0 fully saturated rings. The summed E-state index contributed by atoms with van der Waals surface area (Å²) >= 11 is 5.98. The molecule has 0 atom stereocenters. The first kappa shape index (κ1) is 12.3. The van der Waals surface area contributed by atoms with E-state index in [2.05, 4.69) is 10.3 Å². The van der Waals surface area contributed by atoms with Crippen molar-refractivity contribution in [1.29, 1.82) is 0 Å². The summed E-state index contributed by atoms with van der Waals surface area (Å²) in [5, 5.41) is 3.11. The van der Waals surface area contributed by atoms with Gasteiger partial charge >= 0.3 is 0 Å². The number of aromatic nitrogens is 1. The lowest BCUT2D eigenvalue weighted by molar-refractivity contribution is 0.102. The zero-order chi connectivity index (χ0) is 13.1. The van der Waals surface area contributed by atoms with E-state index in [1.165, 1.54) is 0 Å². The number of ether oxygens (including phenoxy) is 1. The summed E-state index contributed by atoms with van der Waals surface area (Å²) in [5.74, 6) is 0.294. The zero-order valence-corrected chi connectivity index (χ0v) is 10.4. The van der Waals surface area contributed by atoms with Crippen molar-refractivity contribution in [3.8, 4) is 5.75 Å². The summed E-state index contributed by atoms with van der Waals surface area (Å²) in [4.78, 5) is 14.6. The van der Waals surface area contributed by atoms with E-state index in [0.717, 1.165) is 0 Å². The molecule has 4 N–H and O–H groups in total. The average Bonchev–Trinajstić information content (AvgIpc) is 2.79. The molecule has 5 nitrogen and oxygen atoms in total. The Bertz CT molecular complexity index is 580. The molecule has 1 amide bonds. The number of nitrogen functional groups attached to an aromatic ring is 1. The third kappa shape index (κ3) is 2.57. The van der Waals surface area contributed by atoms with E-state index >= 15 is 0 Å². The van der Waals surface area contributed by atoms with Gasteiger partial charge in [-0.3, -0.25) is 4.79 Å². The summed E-state index contributed by atoms with van der Waals surface area (Å²) in [7, 11) is 1.54. The molecule has 2 rings (SSSR count). The van der Waals surface area contributed by atoms with Gasteiger partial charge in [0, 0.05) is 18.0 Å². The first-order valence-corrected chi connectivity index (χ1v) is 5.56. The summed E-state index contributed by atoms with van der Waals surface area (Å²) in [6.45, 7) is 0. The van der Waals surface area contributed by atoms with Gasteiger partial charge in [0.1, 0.15) is 11.4 Å². The van der Waals surface area contributed by atoms with Crippen molar-refractivity contribution < 1.29 is 9.53 Å². The summed E-state index contributed by atoms with van der Waals surface area (Å²) < 4.78 is 5.06. The normalized spacial score (nSPS) is 10.1. The van der Waals surface area contributed by atoms with Crippen LogP contribution in [0, 0.1) is 0 Å². The predicted octanol–water partition coefficient (Wildman–Crippen LogP) is 2.51. The van der Waals surface area contributed by atoms with Crippen LogP contribution in [0.2, 0.25) is 5.02 Å². The molecule has 1 heterocycles. The highest BCUT2D eigenvalue weighted by atomic mass is 35.5. The molecule has 0 bridgehead atoms. The molecule has 2 aromatic rings. The second-order valence-corrected chi connectivity index (χ2v) is 4.05. The Kier molecular flexibility index (Phi) is 3.43. The van der Waals surface area contributed by atoms with Crippen molar-refractivity contribution in [3.63, 3.8) is 0 Å². The van der Waals surface area contributed by atoms with Crippen LogP contribution in [-0.2, 0) is 0 Å². The fourth-order valence-electron chi connectivity index (χ4n) is 1.46. The molecule has 1 aromatic carbocycles. The first-order valence-electron chi connectivity index (χ1n) is 5.19. The molecular formula is C12H12ClN3O2. The molecule has 0 spiro atoms. The van der Waals surface area contributed by atoms with Gasteiger partial charge in [-0.05, 0) is 18.2 Å². The summed E-state index contributed by atoms with van der Waals surface area (Å²) in [5.41, 5.74) is 6.87. The average molecular weight is 266 g/mol. The number of methoxy groups -OCH3 is 1. The van der Waals surface area contributed by atoms with Gasteiger partial charge < -0.3 is 20.8 Å². The standard InChI is InChI=1S/C12H12ClN3O2/c1-18-8-2-3-9(13)10(5-8)16-12(17)11-4-7(14)6-15-11/h2-6,15H,14H2,1H3,(H,16,17). The smallest absolute Gasteiger partial charge is 0.272 e.